The Labute approximate surface area is 121 Å². The minimum atomic E-state index is -0.860. The smallest absolute Gasteiger partial charge is 0.321 e. The van der Waals surface area contributed by atoms with Crippen LogP contribution in [0.25, 0.3) is 10.9 Å². The largest absolute Gasteiger partial charge is 0.481 e. The first-order valence-electron chi connectivity index (χ1n) is 6.70. The van der Waals surface area contributed by atoms with Gasteiger partial charge < -0.3 is 15.3 Å². The summed E-state index contributed by atoms with van der Waals surface area (Å²) in [6, 6.07) is 9.16. The Morgan fingerprint density at radius 2 is 2.05 bits per heavy atom. The number of carboxylic acids is 1. The molecule has 108 valence electrons. The highest BCUT2D eigenvalue weighted by atomic mass is 16.4. The second-order valence-electron chi connectivity index (χ2n) is 5.20. The highest BCUT2D eigenvalue weighted by molar-refractivity contribution is 6.00. The Kier molecular flexibility index (Phi) is 3.21. The normalized spacial score (nSPS) is 14.8. The number of likely N-dealkylation sites (tertiary alicyclic amines) is 1. The molecule has 2 amide bonds. The van der Waals surface area contributed by atoms with Crippen molar-refractivity contribution < 1.29 is 14.7 Å². The van der Waals surface area contributed by atoms with Crippen molar-refractivity contribution in [3.8, 4) is 0 Å². The first-order valence-corrected chi connectivity index (χ1v) is 6.70. The molecule has 2 heterocycles. The Morgan fingerprint density at radius 3 is 2.76 bits per heavy atom. The Morgan fingerprint density at radius 1 is 1.29 bits per heavy atom. The fourth-order valence-corrected chi connectivity index (χ4v) is 2.34. The van der Waals surface area contributed by atoms with Crippen LogP contribution in [-0.4, -0.2) is 40.1 Å². The Bertz CT molecular complexity index is 723. The van der Waals surface area contributed by atoms with Gasteiger partial charge in [-0.05, 0) is 19.1 Å². The number of hydrogen-bond acceptors (Lipinski definition) is 3. The van der Waals surface area contributed by atoms with Crippen molar-refractivity contribution >= 4 is 28.6 Å². The van der Waals surface area contributed by atoms with Crippen LogP contribution in [0.2, 0.25) is 0 Å². The number of carbonyl (C=O) groups excluding carboxylic acids is 1. The van der Waals surface area contributed by atoms with E-state index in [-0.39, 0.29) is 19.1 Å². The summed E-state index contributed by atoms with van der Waals surface area (Å²) in [6.45, 7) is 2.39. The van der Waals surface area contributed by atoms with E-state index in [1.807, 2.05) is 31.2 Å². The lowest BCUT2D eigenvalue weighted by atomic mass is 10.0. The molecule has 6 heteroatoms. The number of aryl methyl sites for hydroxylation is 1. The standard InChI is InChI=1S/C15H15N3O3/c1-9-5-6-10-3-2-4-12(13(10)16-9)17-15(21)18-7-11(8-18)14(19)20/h2-6,11H,7-8H2,1H3,(H,17,21)(H,19,20). The second kappa shape index (κ2) is 5.05. The van der Waals surface area contributed by atoms with E-state index in [1.165, 1.54) is 4.90 Å². The molecular formula is C15H15N3O3. The predicted molar refractivity (Wildman–Crippen MR) is 78.2 cm³/mol. The number of pyridine rings is 1. The van der Waals surface area contributed by atoms with Crippen molar-refractivity contribution in [2.24, 2.45) is 5.92 Å². The van der Waals surface area contributed by atoms with E-state index in [9.17, 15) is 9.59 Å². The lowest BCUT2D eigenvalue weighted by Gasteiger charge is -2.36. The SMILES string of the molecule is Cc1ccc2cccc(NC(=O)N3CC(C(=O)O)C3)c2n1. The van der Waals surface area contributed by atoms with Gasteiger partial charge in [-0.1, -0.05) is 18.2 Å². The quantitative estimate of drug-likeness (QED) is 0.885. The maximum atomic E-state index is 12.1. The van der Waals surface area contributed by atoms with Crippen molar-refractivity contribution in [1.82, 2.24) is 9.88 Å². The van der Waals surface area contributed by atoms with Crippen molar-refractivity contribution in [2.75, 3.05) is 18.4 Å². The molecule has 6 nitrogen and oxygen atoms in total. The molecule has 3 rings (SSSR count). The number of aromatic nitrogens is 1. The fourth-order valence-electron chi connectivity index (χ4n) is 2.34. The van der Waals surface area contributed by atoms with Gasteiger partial charge in [0.2, 0.25) is 0 Å². The van der Waals surface area contributed by atoms with Gasteiger partial charge in [-0.15, -0.1) is 0 Å². The molecular weight excluding hydrogens is 270 g/mol. The zero-order valence-electron chi connectivity index (χ0n) is 11.5. The van der Waals surface area contributed by atoms with Gasteiger partial charge in [0.15, 0.2) is 0 Å². The molecule has 1 aliphatic heterocycles. The number of hydrogen-bond donors (Lipinski definition) is 2. The van der Waals surface area contributed by atoms with Gasteiger partial charge in [0.05, 0.1) is 17.1 Å². The van der Waals surface area contributed by atoms with Crippen molar-refractivity contribution in [3.63, 3.8) is 0 Å². The summed E-state index contributed by atoms with van der Waals surface area (Å²) in [5.74, 6) is -1.31. The van der Waals surface area contributed by atoms with Crippen molar-refractivity contribution in [3.05, 3.63) is 36.0 Å². The molecule has 0 bridgehead atoms. The molecule has 0 unspecified atom stereocenters. The number of anilines is 1. The van der Waals surface area contributed by atoms with Crippen LogP contribution in [0, 0.1) is 12.8 Å². The minimum Gasteiger partial charge on any atom is -0.481 e. The number of urea groups is 1. The molecule has 1 fully saturated rings. The van der Waals surface area contributed by atoms with Crippen LogP contribution in [0.1, 0.15) is 5.69 Å². The molecule has 2 N–H and O–H groups in total. The van der Waals surface area contributed by atoms with Gasteiger partial charge in [-0.25, -0.2) is 4.79 Å². The molecule has 1 aromatic heterocycles. The third kappa shape index (κ3) is 2.52. The summed E-state index contributed by atoms with van der Waals surface area (Å²) in [6.07, 6.45) is 0. The predicted octanol–water partition coefficient (Wildman–Crippen LogP) is 2.09. The summed E-state index contributed by atoms with van der Waals surface area (Å²) in [5, 5.41) is 12.6. The first-order chi connectivity index (χ1) is 10.0. The number of fused-ring (bicyclic) bond motifs is 1. The van der Waals surface area contributed by atoms with E-state index in [0.29, 0.717) is 5.69 Å². The van der Waals surface area contributed by atoms with Gasteiger partial charge >= 0.3 is 12.0 Å². The minimum absolute atomic E-state index is 0.248. The molecule has 1 saturated heterocycles. The molecule has 21 heavy (non-hydrogen) atoms. The van der Waals surface area contributed by atoms with E-state index in [2.05, 4.69) is 10.3 Å². The highest BCUT2D eigenvalue weighted by Crippen LogP contribution is 2.23. The third-order valence-electron chi connectivity index (χ3n) is 3.62. The van der Waals surface area contributed by atoms with Crippen LogP contribution in [0.5, 0.6) is 0 Å². The molecule has 1 aromatic carbocycles. The van der Waals surface area contributed by atoms with Crippen LogP contribution < -0.4 is 5.32 Å². The molecule has 1 aliphatic rings. The van der Waals surface area contributed by atoms with E-state index >= 15 is 0 Å². The summed E-state index contributed by atoms with van der Waals surface area (Å²) < 4.78 is 0. The fraction of sp³-hybridized carbons (Fsp3) is 0.267. The van der Waals surface area contributed by atoms with Crippen LogP contribution in [0.4, 0.5) is 10.5 Å². The number of nitrogens with zero attached hydrogens (tertiary/aromatic N) is 2. The van der Waals surface area contributed by atoms with Gasteiger partial charge in [0.25, 0.3) is 0 Å². The first kappa shape index (κ1) is 13.4. The molecule has 2 aromatic rings. The number of carbonyl (C=O) groups is 2. The zero-order chi connectivity index (χ0) is 15.0. The van der Waals surface area contributed by atoms with Gasteiger partial charge in [0.1, 0.15) is 0 Å². The molecule has 0 spiro atoms. The average molecular weight is 285 g/mol. The lowest BCUT2D eigenvalue weighted by Crippen LogP contribution is -2.54. The van der Waals surface area contributed by atoms with Gasteiger partial charge in [0, 0.05) is 24.2 Å². The van der Waals surface area contributed by atoms with E-state index < -0.39 is 11.9 Å². The van der Waals surface area contributed by atoms with Gasteiger partial charge in [-0.3, -0.25) is 9.78 Å². The third-order valence-corrected chi connectivity index (χ3v) is 3.62. The second-order valence-corrected chi connectivity index (χ2v) is 5.20. The maximum Gasteiger partial charge on any atom is 0.321 e. The summed E-state index contributed by atoms with van der Waals surface area (Å²) in [4.78, 5) is 28.8. The summed E-state index contributed by atoms with van der Waals surface area (Å²) in [7, 11) is 0. The van der Waals surface area contributed by atoms with E-state index in [4.69, 9.17) is 5.11 Å². The number of para-hydroxylation sites is 1. The molecule has 0 atom stereocenters. The van der Waals surface area contributed by atoms with Crippen molar-refractivity contribution in [1.29, 1.82) is 0 Å². The number of nitrogens with one attached hydrogen (secondary N) is 1. The van der Waals surface area contributed by atoms with Crippen molar-refractivity contribution in [2.45, 2.75) is 6.92 Å². The number of carboxylic acid groups (broad SMARTS) is 1. The topological polar surface area (TPSA) is 82.5 Å². The maximum absolute atomic E-state index is 12.1. The number of aliphatic carboxylic acids is 1. The monoisotopic (exact) mass is 285 g/mol. The van der Waals surface area contributed by atoms with E-state index in [0.717, 1.165) is 16.6 Å². The Hall–Kier alpha value is -2.63. The molecule has 0 aliphatic carbocycles. The van der Waals surface area contributed by atoms with E-state index in [1.54, 1.807) is 6.07 Å². The summed E-state index contributed by atoms with van der Waals surface area (Å²) >= 11 is 0. The lowest BCUT2D eigenvalue weighted by molar-refractivity contribution is -0.145. The van der Waals surface area contributed by atoms with Gasteiger partial charge in [-0.2, -0.15) is 0 Å². The van der Waals surface area contributed by atoms with Crippen LogP contribution in [0.15, 0.2) is 30.3 Å². The average Bonchev–Trinajstić information content (AvgIpc) is 2.37. The number of amides is 2. The zero-order valence-corrected chi connectivity index (χ0v) is 11.5. The molecule has 0 radical (unpaired) electrons. The number of rotatable bonds is 2. The van der Waals surface area contributed by atoms with Crippen LogP contribution in [-0.2, 0) is 4.79 Å². The molecule has 0 saturated carbocycles. The summed E-state index contributed by atoms with van der Waals surface area (Å²) in [5.41, 5.74) is 2.25. The number of benzene rings is 1. The van der Waals surface area contributed by atoms with Crippen LogP contribution >= 0.6 is 0 Å². The Balaban J connectivity index is 1.78. The highest BCUT2D eigenvalue weighted by Gasteiger charge is 2.35. The van der Waals surface area contributed by atoms with Crippen LogP contribution in [0.3, 0.4) is 0 Å².